The van der Waals surface area contributed by atoms with E-state index in [4.69, 9.17) is 17.3 Å². The summed E-state index contributed by atoms with van der Waals surface area (Å²) in [5.74, 6) is -0.288. The lowest BCUT2D eigenvalue weighted by Crippen LogP contribution is -2.02. The van der Waals surface area contributed by atoms with Crippen LogP contribution in [0.5, 0.6) is 0 Å². The van der Waals surface area contributed by atoms with Crippen LogP contribution in [0.4, 0.5) is 4.39 Å². The van der Waals surface area contributed by atoms with E-state index in [2.05, 4.69) is 0 Å². The summed E-state index contributed by atoms with van der Waals surface area (Å²) in [5, 5.41) is 1.40. The summed E-state index contributed by atoms with van der Waals surface area (Å²) >= 11 is 7.59. The van der Waals surface area contributed by atoms with Crippen LogP contribution >= 0.6 is 22.9 Å². The third kappa shape index (κ3) is 1.87. The van der Waals surface area contributed by atoms with Gasteiger partial charge in [-0.05, 0) is 37.6 Å². The number of rotatable bonds is 2. The van der Waals surface area contributed by atoms with Gasteiger partial charge >= 0.3 is 0 Å². The summed E-state index contributed by atoms with van der Waals surface area (Å²) in [6.45, 7) is 2.59. The molecule has 0 amide bonds. The molecule has 15 heavy (non-hydrogen) atoms. The van der Waals surface area contributed by atoms with Crippen LogP contribution in [0, 0.1) is 12.7 Å². The molecule has 80 valence electrons. The minimum absolute atomic E-state index is 0.288. The second-order valence-electron chi connectivity index (χ2n) is 3.44. The molecule has 2 rings (SSSR count). The van der Waals surface area contributed by atoms with Crippen LogP contribution < -0.4 is 5.73 Å². The van der Waals surface area contributed by atoms with Gasteiger partial charge in [0.05, 0.1) is 9.72 Å². The van der Waals surface area contributed by atoms with E-state index in [1.165, 1.54) is 17.0 Å². The van der Waals surface area contributed by atoms with Gasteiger partial charge in [-0.3, -0.25) is 0 Å². The third-order valence-corrected chi connectivity index (χ3v) is 4.01. The Hall–Kier alpha value is -0.640. The van der Waals surface area contributed by atoms with E-state index in [1.54, 1.807) is 11.3 Å². The van der Waals surface area contributed by atoms with Crippen molar-refractivity contribution in [3.8, 4) is 0 Å². The van der Waals surface area contributed by atoms with E-state index in [1.807, 2.05) is 6.92 Å². The molecule has 0 aliphatic rings. The van der Waals surface area contributed by atoms with Crippen molar-refractivity contribution in [2.75, 3.05) is 6.54 Å². The predicted octanol–water partition coefficient (Wildman–Crippen LogP) is 3.50. The molecule has 0 saturated heterocycles. The van der Waals surface area contributed by atoms with Gasteiger partial charge in [0.2, 0.25) is 0 Å². The highest BCUT2D eigenvalue weighted by atomic mass is 35.5. The molecule has 1 nitrogen and oxygen atoms in total. The van der Waals surface area contributed by atoms with Gasteiger partial charge in [0, 0.05) is 10.3 Å². The highest BCUT2D eigenvalue weighted by Gasteiger charge is 2.12. The van der Waals surface area contributed by atoms with Crippen molar-refractivity contribution >= 4 is 33.0 Å². The second kappa shape index (κ2) is 4.08. The zero-order valence-electron chi connectivity index (χ0n) is 8.31. The van der Waals surface area contributed by atoms with E-state index in [0.717, 1.165) is 22.1 Å². The van der Waals surface area contributed by atoms with Crippen molar-refractivity contribution in [2.45, 2.75) is 13.3 Å². The lowest BCUT2D eigenvalue weighted by atomic mass is 10.1. The Morgan fingerprint density at radius 2 is 2.20 bits per heavy atom. The van der Waals surface area contributed by atoms with E-state index in [0.29, 0.717) is 11.6 Å². The van der Waals surface area contributed by atoms with E-state index in [9.17, 15) is 4.39 Å². The normalized spacial score (nSPS) is 11.2. The SMILES string of the molecule is Cc1sc2c(Cl)cc(F)cc2c1CCN. The molecular weight excluding hydrogens is 233 g/mol. The monoisotopic (exact) mass is 243 g/mol. The van der Waals surface area contributed by atoms with E-state index in [-0.39, 0.29) is 5.82 Å². The summed E-state index contributed by atoms with van der Waals surface area (Å²) in [4.78, 5) is 1.17. The van der Waals surface area contributed by atoms with Crippen molar-refractivity contribution < 1.29 is 4.39 Å². The molecule has 0 atom stereocenters. The van der Waals surface area contributed by atoms with Crippen molar-refractivity contribution in [1.82, 2.24) is 0 Å². The van der Waals surface area contributed by atoms with Crippen LogP contribution in [0.25, 0.3) is 10.1 Å². The first kappa shape index (κ1) is 10.9. The minimum Gasteiger partial charge on any atom is -0.330 e. The summed E-state index contributed by atoms with van der Waals surface area (Å²) in [7, 11) is 0. The molecule has 0 fully saturated rings. The Morgan fingerprint density at radius 3 is 2.87 bits per heavy atom. The van der Waals surface area contributed by atoms with Crippen molar-refractivity contribution in [2.24, 2.45) is 5.73 Å². The predicted molar refractivity (Wildman–Crippen MR) is 64.3 cm³/mol. The van der Waals surface area contributed by atoms with Crippen LogP contribution in [-0.2, 0) is 6.42 Å². The number of hydrogen-bond acceptors (Lipinski definition) is 2. The Kier molecular flexibility index (Phi) is 2.96. The molecule has 0 radical (unpaired) electrons. The number of halogens is 2. The molecule has 2 N–H and O–H groups in total. The van der Waals surface area contributed by atoms with Crippen molar-refractivity contribution in [3.63, 3.8) is 0 Å². The number of thiophene rings is 1. The molecule has 4 heteroatoms. The van der Waals surface area contributed by atoms with Crippen LogP contribution in [0.2, 0.25) is 5.02 Å². The minimum atomic E-state index is -0.288. The largest absolute Gasteiger partial charge is 0.330 e. The molecule has 0 unspecified atom stereocenters. The first-order valence-corrected chi connectivity index (χ1v) is 5.90. The molecule has 0 spiro atoms. The lowest BCUT2D eigenvalue weighted by molar-refractivity contribution is 0.630. The molecule has 1 aromatic carbocycles. The molecule has 2 aromatic rings. The van der Waals surface area contributed by atoms with Gasteiger partial charge in [-0.25, -0.2) is 4.39 Å². The number of nitrogens with two attached hydrogens (primary N) is 1. The summed E-state index contributed by atoms with van der Waals surface area (Å²) in [6.07, 6.45) is 0.769. The highest BCUT2D eigenvalue weighted by molar-refractivity contribution is 7.19. The third-order valence-electron chi connectivity index (χ3n) is 2.41. The van der Waals surface area contributed by atoms with E-state index >= 15 is 0 Å². The Labute approximate surface area is 96.7 Å². The van der Waals surface area contributed by atoms with Crippen molar-refractivity contribution in [3.05, 3.63) is 33.4 Å². The summed E-state index contributed by atoms with van der Waals surface area (Å²) in [6, 6.07) is 2.89. The molecule has 1 heterocycles. The smallest absolute Gasteiger partial charge is 0.125 e. The fraction of sp³-hybridized carbons (Fsp3) is 0.273. The molecule has 0 aliphatic heterocycles. The molecule has 0 bridgehead atoms. The standard InChI is InChI=1S/C11H11ClFNS/c1-6-8(2-3-14)9-4-7(13)5-10(12)11(9)15-6/h4-5H,2-3,14H2,1H3. The number of hydrogen-bond donors (Lipinski definition) is 1. The number of fused-ring (bicyclic) bond motifs is 1. The molecule has 0 aliphatic carbocycles. The zero-order valence-corrected chi connectivity index (χ0v) is 9.88. The Balaban J connectivity index is 2.74. The van der Waals surface area contributed by atoms with Gasteiger partial charge in [0.25, 0.3) is 0 Å². The maximum Gasteiger partial charge on any atom is 0.125 e. The first-order chi connectivity index (χ1) is 7.13. The van der Waals surface area contributed by atoms with Gasteiger partial charge in [0.1, 0.15) is 5.82 Å². The molecular formula is C11H11ClFNS. The first-order valence-electron chi connectivity index (χ1n) is 4.70. The molecule has 1 aromatic heterocycles. The average molecular weight is 244 g/mol. The maximum absolute atomic E-state index is 13.2. The van der Waals surface area contributed by atoms with Crippen LogP contribution in [0.1, 0.15) is 10.4 Å². The van der Waals surface area contributed by atoms with E-state index < -0.39 is 0 Å². The van der Waals surface area contributed by atoms with Gasteiger partial charge in [0.15, 0.2) is 0 Å². The number of aryl methyl sites for hydroxylation is 1. The molecule has 0 saturated carbocycles. The van der Waals surface area contributed by atoms with Crippen LogP contribution in [-0.4, -0.2) is 6.54 Å². The fourth-order valence-corrected chi connectivity index (χ4v) is 3.16. The average Bonchev–Trinajstić information content (AvgIpc) is 2.46. The summed E-state index contributed by atoms with van der Waals surface area (Å²) < 4.78 is 14.2. The van der Waals surface area contributed by atoms with Gasteiger partial charge in [-0.1, -0.05) is 11.6 Å². The summed E-state index contributed by atoms with van der Waals surface area (Å²) in [5.41, 5.74) is 6.66. The van der Waals surface area contributed by atoms with Crippen molar-refractivity contribution in [1.29, 1.82) is 0 Å². The maximum atomic E-state index is 13.2. The zero-order chi connectivity index (χ0) is 11.0. The van der Waals surface area contributed by atoms with Gasteiger partial charge < -0.3 is 5.73 Å². The quantitative estimate of drug-likeness (QED) is 0.858. The van der Waals surface area contributed by atoms with Crippen LogP contribution in [0.3, 0.4) is 0 Å². The Bertz CT molecular complexity index is 507. The lowest BCUT2D eigenvalue weighted by Gasteiger charge is -1.99. The Morgan fingerprint density at radius 1 is 1.47 bits per heavy atom. The highest BCUT2D eigenvalue weighted by Crippen LogP contribution is 2.36. The second-order valence-corrected chi connectivity index (χ2v) is 5.07. The number of benzene rings is 1. The van der Waals surface area contributed by atoms with Gasteiger partial charge in [-0.2, -0.15) is 0 Å². The fourth-order valence-electron chi connectivity index (χ4n) is 1.75. The van der Waals surface area contributed by atoms with Crippen LogP contribution in [0.15, 0.2) is 12.1 Å². The topological polar surface area (TPSA) is 26.0 Å². The van der Waals surface area contributed by atoms with Gasteiger partial charge in [-0.15, -0.1) is 11.3 Å².